The molecule has 0 fully saturated rings. The zero-order valence-corrected chi connectivity index (χ0v) is 11.7. The van der Waals surface area contributed by atoms with Crippen LogP contribution < -0.4 is 0 Å². The summed E-state index contributed by atoms with van der Waals surface area (Å²) in [6.45, 7) is 0. The van der Waals surface area contributed by atoms with E-state index in [9.17, 15) is 0 Å². The van der Waals surface area contributed by atoms with Crippen LogP contribution in [0.2, 0.25) is 0 Å². The molecule has 2 heteroatoms. The van der Waals surface area contributed by atoms with E-state index in [4.69, 9.17) is 11.6 Å². The second kappa shape index (κ2) is 5.48. The van der Waals surface area contributed by atoms with Gasteiger partial charge in [0.2, 0.25) is 0 Å². The lowest BCUT2D eigenvalue weighted by Gasteiger charge is -2.28. The van der Waals surface area contributed by atoms with Crippen molar-refractivity contribution in [3.05, 3.63) is 102 Å². The molecule has 3 aromatic rings. The van der Waals surface area contributed by atoms with Crippen molar-refractivity contribution in [2.24, 2.45) is 0 Å². The van der Waals surface area contributed by atoms with Crippen molar-refractivity contribution in [3.63, 3.8) is 0 Å². The first-order valence-electron chi connectivity index (χ1n) is 6.52. The van der Waals surface area contributed by atoms with Gasteiger partial charge in [-0.15, -0.1) is 11.6 Å². The minimum Gasteiger partial charge on any atom is -0.264 e. The van der Waals surface area contributed by atoms with Crippen molar-refractivity contribution in [2.75, 3.05) is 0 Å². The van der Waals surface area contributed by atoms with Crippen LogP contribution in [0.1, 0.15) is 16.7 Å². The average Bonchev–Trinajstić information content (AvgIpc) is 2.56. The molecule has 0 radical (unpaired) electrons. The molecule has 0 bridgehead atoms. The van der Waals surface area contributed by atoms with E-state index in [2.05, 4.69) is 4.98 Å². The summed E-state index contributed by atoms with van der Waals surface area (Å²) in [6.07, 6.45) is 3.59. The molecule has 98 valence electrons. The smallest absolute Gasteiger partial charge is 0.121 e. The first-order valence-corrected chi connectivity index (χ1v) is 6.90. The Morgan fingerprint density at radius 1 is 0.650 bits per heavy atom. The van der Waals surface area contributed by atoms with Crippen LogP contribution >= 0.6 is 11.6 Å². The van der Waals surface area contributed by atoms with E-state index < -0.39 is 4.87 Å². The molecule has 20 heavy (non-hydrogen) atoms. The number of aromatic nitrogens is 1. The number of nitrogens with zero attached hydrogens (tertiary/aromatic N) is 1. The fraction of sp³-hybridized carbons (Fsp3) is 0.0556. The highest BCUT2D eigenvalue weighted by atomic mass is 35.5. The third-order valence-electron chi connectivity index (χ3n) is 3.40. The maximum Gasteiger partial charge on any atom is 0.121 e. The summed E-state index contributed by atoms with van der Waals surface area (Å²) < 4.78 is 0. The van der Waals surface area contributed by atoms with Gasteiger partial charge < -0.3 is 0 Å². The van der Waals surface area contributed by atoms with Crippen LogP contribution in [-0.4, -0.2) is 4.98 Å². The molecular formula is C18H14ClN. The lowest BCUT2D eigenvalue weighted by Crippen LogP contribution is -2.22. The average molecular weight is 280 g/mol. The van der Waals surface area contributed by atoms with Gasteiger partial charge in [0.1, 0.15) is 4.87 Å². The number of rotatable bonds is 3. The third-order valence-corrected chi connectivity index (χ3v) is 4.06. The Morgan fingerprint density at radius 2 is 1.15 bits per heavy atom. The molecule has 0 N–H and O–H groups in total. The van der Waals surface area contributed by atoms with Gasteiger partial charge in [-0.05, 0) is 17.2 Å². The minimum absolute atomic E-state index is 0.712. The van der Waals surface area contributed by atoms with Gasteiger partial charge in [-0.1, -0.05) is 66.7 Å². The van der Waals surface area contributed by atoms with Crippen LogP contribution in [0.3, 0.4) is 0 Å². The molecule has 1 nitrogen and oxygen atoms in total. The molecule has 1 aromatic heterocycles. The van der Waals surface area contributed by atoms with Gasteiger partial charge in [0.05, 0.1) is 0 Å². The van der Waals surface area contributed by atoms with Gasteiger partial charge in [0.15, 0.2) is 0 Å². The van der Waals surface area contributed by atoms with Crippen molar-refractivity contribution in [1.82, 2.24) is 4.98 Å². The predicted octanol–water partition coefficient (Wildman–Crippen LogP) is 4.61. The summed E-state index contributed by atoms with van der Waals surface area (Å²) in [5, 5.41) is 0. The summed E-state index contributed by atoms with van der Waals surface area (Å²) in [4.78, 5) is 3.51. The lowest BCUT2D eigenvalue weighted by molar-refractivity contribution is 0.870. The number of hydrogen-bond donors (Lipinski definition) is 0. The summed E-state index contributed by atoms with van der Waals surface area (Å²) in [6, 6.07) is 24.1. The maximum atomic E-state index is 7.08. The summed E-state index contributed by atoms with van der Waals surface area (Å²) >= 11 is 7.08. The molecule has 0 amide bonds. The number of halogens is 1. The quantitative estimate of drug-likeness (QED) is 0.638. The van der Waals surface area contributed by atoms with Crippen LogP contribution in [0.4, 0.5) is 0 Å². The fourth-order valence-electron chi connectivity index (χ4n) is 2.40. The second-order valence-corrected chi connectivity index (χ2v) is 5.20. The van der Waals surface area contributed by atoms with Crippen molar-refractivity contribution >= 4 is 11.6 Å². The first kappa shape index (κ1) is 12.9. The van der Waals surface area contributed by atoms with Gasteiger partial charge in [-0.25, -0.2) is 0 Å². The predicted molar refractivity (Wildman–Crippen MR) is 82.9 cm³/mol. The van der Waals surface area contributed by atoms with Crippen molar-refractivity contribution in [3.8, 4) is 0 Å². The SMILES string of the molecule is ClC(c1ccccc1)(c1ccccc1)c1cccnc1. The Balaban J connectivity index is 2.24. The molecule has 0 aliphatic rings. The van der Waals surface area contributed by atoms with E-state index in [0.29, 0.717) is 0 Å². The molecule has 1 heterocycles. The summed E-state index contributed by atoms with van der Waals surface area (Å²) in [5.74, 6) is 0. The van der Waals surface area contributed by atoms with E-state index in [0.717, 1.165) is 16.7 Å². The van der Waals surface area contributed by atoms with E-state index in [-0.39, 0.29) is 0 Å². The molecule has 0 saturated heterocycles. The van der Waals surface area contributed by atoms with Gasteiger partial charge in [0, 0.05) is 18.0 Å². The molecule has 3 rings (SSSR count). The highest BCUT2D eigenvalue weighted by Crippen LogP contribution is 2.42. The Morgan fingerprint density at radius 3 is 1.60 bits per heavy atom. The van der Waals surface area contributed by atoms with Crippen LogP contribution in [0, 0.1) is 0 Å². The zero-order valence-electron chi connectivity index (χ0n) is 10.9. The van der Waals surface area contributed by atoms with Crippen LogP contribution in [0.25, 0.3) is 0 Å². The Hall–Kier alpha value is -2.12. The van der Waals surface area contributed by atoms with Crippen molar-refractivity contribution in [2.45, 2.75) is 4.87 Å². The molecule has 0 spiro atoms. The van der Waals surface area contributed by atoms with E-state index in [1.54, 1.807) is 6.20 Å². The monoisotopic (exact) mass is 279 g/mol. The molecule has 0 saturated carbocycles. The standard InChI is InChI=1S/C18H14ClN/c19-18(15-8-3-1-4-9-15,16-10-5-2-6-11-16)17-12-7-13-20-14-17/h1-14H. The van der Waals surface area contributed by atoms with Gasteiger partial charge in [0.25, 0.3) is 0 Å². The molecule has 2 aromatic carbocycles. The molecule has 0 aliphatic heterocycles. The summed E-state index contributed by atoms with van der Waals surface area (Å²) in [5.41, 5.74) is 3.06. The maximum absolute atomic E-state index is 7.08. The van der Waals surface area contributed by atoms with Crippen molar-refractivity contribution < 1.29 is 0 Å². The zero-order chi connectivity index (χ0) is 13.8. The van der Waals surface area contributed by atoms with E-state index >= 15 is 0 Å². The number of alkyl halides is 1. The molecule has 0 unspecified atom stereocenters. The Bertz CT molecular complexity index is 569. The van der Waals surface area contributed by atoms with Crippen molar-refractivity contribution in [1.29, 1.82) is 0 Å². The Labute approximate surface area is 123 Å². The second-order valence-electron chi connectivity index (χ2n) is 4.63. The number of pyridine rings is 1. The number of benzene rings is 2. The highest BCUT2D eigenvalue weighted by molar-refractivity contribution is 6.28. The van der Waals surface area contributed by atoms with Gasteiger partial charge >= 0.3 is 0 Å². The normalized spacial score (nSPS) is 11.2. The minimum atomic E-state index is -0.712. The highest BCUT2D eigenvalue weighted by Gasteiger charge is 2.33. The van der Waals surface area contributed by atoms with Crippen LogP contribution in [0.5, 0.6) is 0 Å². The van der Waals surface area contributed by atoms with Crippen LogP contribution in [0.15, 0.2) is 85.2 Å². The largest absolute Gasteiger partial charge is 0.264 e. The third kappa shape index (κ3) is 2.21. The Kier molecular flexibility index (Phi) is 3.53. The summed E-state index contributed by atoms with van der Waals surface area (Å²) in [7, 11) is 0. The molecular weight excluding hydrogens is 266 g/mol. The molecule has 0 atom stereocenters. The lowest BCUT2D eigenvalue weighted by atomic mass is 9.85. The first-order chi connectivity index (χ1) is 9.82. The number of hydrogen-bond acceptors (Lipinski definition) is 1. The fourth-order valence-corrected chi connectivity index (χ4v) is 2.77. The van der Waals surface area contributed by atoms with Gasteiger partial charge in [-0.2, -0.15) is 0 Å². The van der Waals surface area contributed by atoms with Crippen LogP contribution in [-0.2, 0) is 4.87 Å². The topological polar surface area (TPSA) is 12.9 Å². The van der Waals surface area contributed by atoms with E-state index in [1.165, 1.54) is 0 Å². The molecule has 0 aliphatic carbocycles. The van der Waals surface area contributed by atoms with E-state index in [1.807, 2.05) is 79.0 Å². The van der Waals surface area contributed by atoms with Gasteiger partial charge in [-0.3, -0.25) is 4.98 Å².